The van der Waals surface area contributed by atoms with Crippen LogP contribution >= 0.6 is 0 Å². The topological polar surface area (TPSA) is 32.5 Å². The highest BCUT2D eigenvalue weighted by Gasteiger charge is 2.22. The van der Waals surface area contributed by atoms with Crippen molar-refractivity contribution in [1.82, 2.24) is 9.80 Å². The van der Waals surface area contributed by atoms with Gasteiger partial charge >= 0.3 is 0 Å². The van der Waals surface area contributed by atoms with E-state index in [4.69, 9.17) is 5.73 Å². The molecule has 1 fully saturated rings. The van der Waals surface area contributed by atoms with Crippen molar-refractivity contribution in [2.24, 2.45) is 5.73 Å². The number of rotatable bonds is 4. The van der Waals surface area contributed by atoms with Crippen LogP contribution in [0, 0.1) is 5.82 Å². The number of nitrogens with two attached hydrogens (primary N) is 1. The van der Waals surface area contributed by atoms with Crippen molar-refractivity contribution in [3.05, 3.63) is 35.1 Å². The monoisotopic (exact) mass is 265 g/mol. The number of hydrogen-bond acceptors (Lipinski definition) is 3. The zero-order chi connectivity index (χ0) is 13.8. The van der Waals surface area contributed by atoms with Crippen LogP contribution in [0.25, 0.3) is 0 Å². The second-order valence-corrected chi connectivity index (χ2v) is 5.62. The summed E-state index contributed by atoms with van der Waals surface area (Å²) in [5.41, 5.74) is 7.38. The third kappa shape index (κ3) is 3.75. The van der Waals surface area contributed by atoms with Crippen LogP contribution in [0.2, 0.25) is 0 Å². The van der Waals surface area contributed by atoms with Crippen LogP contribution in [0.1, 0.15) is 24.0 Å². The quantitative estimate of drug-likeness (QED) is 0.901. The van der Waals surface area contributed by atoms with Gasteiger partial charge in [-0.15, -0.1) is 0 Å². The van der Waals surface area contributed by atoms with Crippen molar-refractivity contribution in [2.75, 3.05) is 27.2 Å². The van der Waals surface area contributed by atoms with E-state index in [1.54, 1.807) is 6.07 Å². The minimum Gasteiger partial charge on any atom is -0.326 e. The molecule has 3 nitrogen and oxygen atoms in total. The average molecular weight is 265 g/mol. The summed E-state index contributed by atoms with van der Waals surface area (Å²) in [6, 6.07) is 5.77. The lowest BCUT2D eigenvalue weighted by molar-refractivity contribution is 0.127. The molecule has 19 heavy (non-hydrogen) atoms. The summed E-state index contributed by atoms with van der Waals surface area (Å²) in [5, 5.41) is 0. The lowest BCUT2D eigenvalue weighted by Gasteiger charge is -2.36. The van der Waals surface area contributed by atoms with Gasteiger partial charge in [0, 0.05) is 31.2 Å². The third-order valence-electron chi connectivity index (χ3n) is 3.95. The van der Waals surface area contributed by atoms with Gasteiger partial charge in [-0.2, -0.15) is 0 Å². The molecule has 1 aromatic carbocycles. The molecule has 2 N–H and O–H groups in total. The third-order valence-corrected chi connectivity index (χ3v) is 3.95. The number of likely N-dealkylation sites (N-methyl/N-ethyl adjacent to an activating group) is 1. The Bertz CT molecular complexity index is 420. The number of hydrogen-bond donors (Lipinski definition) is 1. The summed E-state index contributed by atoms with van der Waals surface area (Å²) >= 11 is 0. The Morgan fingerprint density at radius 1 is 1.42 bits per heavy atom. The van der Waals surface area contributed by atoms with Gasteiger partial charge < -0.3 is 10.6 Å². The van der Waals surface area contributed by atoms with Crippen LogP contribution in [0.3, 0.4) is 0 Å². The molecule has 1 saturated heterocycles. The van der Waals surface area contributed by atoms with Crippen LogP contribution in [-0.2, 0) is 13.1 Å². The molecule has 0 saturated carbocycles. The first-order chi connectivity index (χ1) is 9.10. The van der Waals surface area contributed by atoms with Crippen LogP contribution in [0.4, 0.5) is 4.39 Å². The van der Waals surface area contributed by atoms with Crippen LogP contribution in [-0.4, -0.2) is 43.0 Å². The molecule has 1 unspecified atom stereocenters. The Morgan fingerprint density at radius 2 is 2.21 bits per heavy atom. The highest BCUT2D eigenvalue weighted by molar-refractivity contribution is 5.25. The maximum Gasteiger partial charge on any atom is 0.127 e. The Balaban J connectivity index is 2.04. The molecular formula is C15H24FN3. The van der Waals surface area contributed by atoms with Crippen molar-refractivity contribution in [2.45, 2.75) is 32.0 Å². The van der Waals surface area contributed by atoms with Gasteiger partial charge in [0.25, 0.3) is 0 Å². The zero-order valence-corrected chi connectivity index (χ0v) is 11.9. The van der Waals surface area contributed by atoms with E-state index >= 15 is 0 Å². The van der Waals surface area contributed by atoms with Gasteiger partial charge in [-0.3, -0.25) is 4.90 Å². The number of likely N-dealkylation sites (tertiary alicyclic amines) is 1. The summed E-state index contributed by atoms with van der Waals surface area (Å²) in [6.07, 6.45) is 2.41. The van der Waals surface area contributed by atoms with E-state index in [1.807, 2.05) is 6.07 Å². The molecule has 106 valence electrons. The molecule has 1 heterocycles. The first kappa shape index (κ1) is 14.4. The highest BCUT2D eigenvalue weighted by atomic mass is 19.1. The molecule has 1 atom stereocenters. The molecule has 0 aromatic heterocycles. The zero-order valence-electron chi connectivity index (χ0n) is 11.9. The van der Waals surface area contributed by atoms with Gasteiger partial charge in [0.2, 0.25) is 0 Å². The van der Waals surface area contributed by atoms with Gasteiger partial charge in [-0.1, -0.05) is 12.1 Å². The number of halogens is 1. The molecule has 4 heteroatoms. The minimum atomic E-state index is -0.121. The predicted octanol–water partition coefficient (Wildman–Crippen LogP) is 1.81. The van der Waals surface area contributed by atoms with E-state index in [9.17, 15) is 4.39 Å². The standard InChI is InChI=1S/C15H24FN3/c1-18(2)14-4-3-7-19(11-14)10-13-8-12(9-17)5-6-15(13)16/h5-6,8,14H,3-4,7,9-11,17H2,1-2H3. The SMILES string of the molecule is CN(C)C1CCCN(Cc2cc(CN)ccc2F)C1. The van der Waals surface area contributed by atoms with Crippen molar-refractivity contribution in [3.63, 3.8) is 0 Å². The number of piperidine rings is 1. The summed E-state index contributed by atoms with van der Waals surface area (Å²) < 4.78 is 13.8. The normalized spacial score (nSPS) is 21.0. The minimum absolute atomic E-state index is 0.121. The summed E-state index contributed by atoms with van der Waals surface area (Å²) in [7, 11) is 4.23. The van der Waals surface area contributed by atoms with E-state index in [2.05, 4.69) is 23.9 Å². The van der Waals surface area contributed by atoms with E-state index in [0.717, 1.165) is 24.2 Å². The molecule has 0 radical (unpaired) electrons. The molecular weight excluding hydrogens is 241 g/mol. The Kier molecular flexibility index (Phi) is 4.91. The Labute approximate surface area is 115 Å². The van der Waals surface area contributed by atoms with E-state index in [0.29, 0.717) is 19.1 Å². The average Bonchev–Trinajstić information content (AvgIpc) is 2.41. The summed E-state index contributed by atoms with van der Waals surface area (Å²) in [5.74, 6) is -0.121. The molecule has 1 aliphatic heterocycles. The molecule has 0 aliphatic carbocycles. The van der Waals surface area contributed by atoms with Gasteiger partial charge in [-0.05, 0) is 45.1 Å². The largest absolute Gasteiger partial charge is 0.326 e. The maximum absolute atomic E-state index is 13.8. The highest BCUT2D eigenvalue weighted by Crippen LogP contribution is 2.18. The van der Waals surface area contributed by atoms with Crippen LogP contribution in [0.15, 0.2) is 18.2 Å². The van der Waals surface area contributed by atoms with E-state index < -0.39 is 0 Å². The van der Waals surface area contributed by atoms with Crippen molar-refractivity contribution >= 4 is 0 Å². The predicted molar refractivity (Wildman–Crippen MR) is 76.3 cm³/mol. The lowest BCUT2D eigenvalue weighted by atomic mass is 10.0. The van der Waals surface area contributed by atoms with Crippen molar-refractivity contribution in [3.8, 4) is 0 Å². The number of benzene rings is 1. The fraction of sp³-hybridized carbons (Fsp3) is 0.600. The number of nitrogens with zero attached hydrogens (tertiary/aromatic N) is 2. The maximum atomic E-state index is 13.8. The first-order valence-corrected chi connectivity index (χ1v) is 6.96. The van der Waals surface area contributed by atoms with Crippen LogP contribution in [0.5, 0.6) is 0 Å². The van der Waals surface area contributed by atoms with Gasteiger partial charge in [0.1, 0.15) is 5.82 Å². The first-order valence-electron chi connectivity index (χ1n) is 6.96. The lowest BCUT2D eigenvalue weighted by Crippen LogP contribution is -2.44. The second-order valence-electron chi connectivity index (χ2n) is 5.62. The van der Waals surface area contributed by atoms with Gasteiger partial charge in [0.05, 0.1) is 0 Å². The van der Waals surface area contributed by atoms with E-state index in [1.165, 1.54) is 18.9 Å². The molecule has 0 amide bonds. The van der Waals surface area contributed by atoms with Gasteiger partial charge in [0.15, 0.2) is 0 Å². The molecule has 0 bridgehead atoms. The molecule has 2 rings (SSSR count). The fourth-order valence-electron chi connectivity index (χ4n) is 2.71. The molecule has 1 aromatic rings. The van der Waals surface area contributed by atoms with Crippen molar-refractivity contribution in [1.29, 1.82) is 0 Å². The Hall–Kier alpha value is -0.970. The van der Waals surface area contributed by atoms with Crippen LogP contribution < -0.4 is 5.73 Å². The van der Waals surface area contributed by atoms with Gasteiger partial charge in [-0.25, -0.2) is 4.39 Å². The fourth-order valence-corrected chi connectivity index (χ4v) is 2.71. The summed E-state index contributed by atoms with van der Waals surface area (Å²) in [4.78, 5) is 4.60. The second kappa shape index (κ2) is 6.46. The Morgan fingerprint density at radius 3 is 2.89 bits per heavy atom. The summed E-state index contributed by atoms with van der Waals surface area (Å²) in [6.45, 7) is 3.22. The smallest absolute Gasteiger partial charge is 0.127 e. The molecule has 1 aliphatic rings. The van der Waals surface area contributed by atoms with E-state index in [-0.39, 0.29) is 5.82 Å². The molecule has 0 spiro atoms. The van der Waals surface area contributed by atoms with Crippen molar-refractivity contribution < 1.29 is 4.39 Å².